The third-order valence-electron chi connectivity index (χ3n) is 2.53. The molecule has 0 bridgehead atoms. The molecule has 2 rings (SSSR count). The van der Waals surface area contributed by atoms with Gasteiger partial charge in [0.2, 0.25) is 0 Å². The van der Waals surface area contributed by atoms with E-state index in [-0.39, 0.29) is 28.7 Å². The second-order valence-electron chi connectivity index (χ2n) is 4.15. The van der Waals surface area contributed by atoms with E-state index in [1.165, 1.54) is 36.4 Å². The van der Waals surface area contributed by atoms with E-state index in [0.29, 0.717) is 10.0 Å². The average molecular weight is 350 g/mol. The number of hydrogen-bond acceptors (Lipinski definition) is 6. The standard InChI is InChI=1S/C14H9Cl2N5O2/c15-8-1-3-12(22)10(5-8)18-20-14(7-17)21-19-11-6-9(16)2-4-13(11)23/h1-6,18,22-23H/b20-14+,21-19+. The van der Waals surface area contributed by atoms with Gasteiger partial charge < -0.3 is 10.2 Å². The molecule has 0 aliphatic heterocycles. The molecule has 0 fully saturated rings. The fourth-order valence-corrected chi connectivity index (χ4v) is 1.80. The van der Waals surface area contributed by atoms with Gasteiger partial charge in [0.15, 0.2) is 0 Å². The van der Waals surface area contributed by atoms with Gasteiger partial charge in [0.25, 0.3) is 5.84 Å². The molecule has 0 amide bonds. The van der Waals surface area contributed by atoms with Crippen LogP contribution in [0.1, 0.15) is 0 Å². The molecule has 0 saturated heterocycles. The fraction of sp³-hybridized carbons (Fsp3) is 0. The van der Waals surface area contributed by atoms with Crippen molar-refractivity contribution in [3.8, 4) is 17.6 Å². The van der Waals surface area contributed by atoms with Gasteiger partial charge in [-0.3, -0.25) is 5.43 Å². The lowest BCUT2D eigenvalue weighted by Crippen LogP contribution is -1.96. The Morgan fingerprint density at radius 2 is 1.70 bits per heavy atom. The van der Waals surface area contributed by atoms with Gasteiger partial charge in [0, 0.05) is 10.0 Å². The van der Waals surface area contributed by atoms with Crippen molar-refractivity contribution in [2.24, 2.45) is 15.3 Å². The topological polar surface area (TPSA) is 113 Å². The van der Waals surface area contributed by atoms with Crippen LogP contribution in [0, 0.1) is 11.3 Å². The molecule has 0 radical (unpaired) electrons. The summed E-state index contributed by atoms with van der Waals surface area (Å²) in [4.78, 5) is 0. The van der Waals surface area contributed by atoms with Gasteiger partial charge in [0.05, 0.1) is 5.69 Å². The van der Waals surface area contributed by atoms with E-state index in [2.05, 4.69) is 20.8 Å². The first-order valence-corrected chi connectivity index (χ1v) is 6.88. The molecule has 0 aromatic heterocycles. The molecule has 3 N–H and O–H groups in total. The van der Waals surface area contributed by atoms with Crippen molar-refractivity contribution in [2.45, 2.75) is 0 Å². The molecule has 116 valence electrons. The van der Waals surface area contributed by atoms with Gasteiger partial charge in [-0.05, 0) is 36.4 Å². The molecular formula is C14H9Cl2N5O2. The second kappa shape index (κ2) is 7.45. The Balaban J connectivity index is 2.19. The number of anilines is 1. The Kier molecular flexibility index (Phi) is 5.36. The number of nitriles is 1. The first-order chi connectivity index (χ1) is 11.0. The van der Waals surface area contributed by atoms with Crippen LogP contribution in [0.15, 0.2) is 51.7 Å². The molecule has 9 heteroatoms. The highest BCUT2D eigenvalue weighted by atomic mass is 35.5. The van der Waals surface area contributed by atoms with E-state index in [1.54, 1.807) is 6.07 Å². The van der Waals surface area contributed by atoms with Gasteiger partial charge in [-0.1, -0.05) is 23.2 Å². The SMILES string of the molecule is N#CC(/N=N/c1cc(Cl)ccc1O)=N\Nc1cc(Cl)ccc1O. The van der Waals surface area contributed by atoms with Crippen molar-refractivity contribution in [3.63, 3.8) is 0 Å². The molecule has 0 spiro atoms. The molecule has 2 aromatic rings. The minimum atomic E-state index is -0.330. The Morgan fingerprint density at radius 3 is 2.39 bits per heavy atom. The monoisotopic (exact) mass is 349 g/mol. The van der Waals surface area contributed by atoms with Gasteiger partial charge in [-0.15, -0.1) is 15.3 Å². The number of amidine groups is 1. The molecule has 0 heterocycles. The number of azo groups is 1. The molecular weight excluding hydrogens is 341 g/mol. The first-order valence-electron chi connectivity index (χ1n) is 6.12. The van der Waals surface area contributed by atoms with Crippen LogP contribution in [0.25, 0.3) is 0 Å². The number of hydrazone groups is 1. The lowest BCUT2D eigenvalue weighted by Gasteiger charge is -2.03. The number of rotatable bonds is 3. The van der Waals surface area contributed by atoms with Crippen LogP contribution in [0.3, 0.4) is 0 Å². The number of halogens is 2. The van der Waals surface area contributed by atoms with Crippen LogP contribution in [0.5, 0.6) is 11.5 Å². The summed E-state index contributed by atoms with van der Waals surface area (Å²) in [6.45, 7) is 0. The minimum absolute atomic E-state index is 0.0889. The lowest BCUT2D eigenvalue weighted by atomic mass is 10.3. The Hall–Kier alpha value is -2.82. The minimum Gasteiger partial charge on any atom is -0.506 e. The maximum Gasteiger partial charge on any atom is 0.270 e. The predicted molar refractivity (Wildman–Crippen MR) is 87.4 cm³/mol. The lowest BCUT2D eigenvalue weighted by molar-refractivity contribution is 0.476. The summed E-state index contributed by atoms with van der Waals surface area (Å²) in [6, 6.07) is 10.2. The normalized spacial score (nSPS) is 11.4. The smallest absolute Gasteiger partial charge is 0.270 e. The molecule has 0 unspecified atom stereocenters. The first kappa shape index (κ1) is 16.5. The molecule has 0 atom stereocenters. The van der Waals surface area contributed by atoms with Gasteiger partial charge in [-0.2, -0.15) is 5.26 Å². The van der Waals surface area contributed by atoms with E-state index in [9.17, 15) is 10.2 Å². The molecule has 0 aliphatic carbocycles. The van der Waals surface area contributed by atoms with Gasteiger partial charge in [-0.25, -0.2) is 0 Å². The quantitative estimate of drug-likeness (QED) is 0.250. The van der Waals surface area contributed by atoms with Gasteiger partial charge >= 0.3 is 0 Å². The third-order valence-corrected chi connectivity index (χ3v) is 3.00. The van der Waals surface area contributed by atoms with Gasteiger partial charge in [0.1, 0.15) is 23.3 Å². The Morgan fingerprint density at radius 1 is 1.04 bits per heavy atom. The van der Waals surface area contributed by atoms with Crippen LogP contribution in [-0.2, 0) is 0 Å². The van der Waals surface area contributed by atoms with E-state index >= 15 is 0 Å². The number of hydrogen-bond donors (Lipinski definition) is 3. The summed E-state index contributed by atoms with van der Waals surface area (Å²) >= 11 is 11.6. The summed E-state index contributed by atoms with van der Waals surface area (Å²) < 4.78 is 0. The molecule has 2 aromatic carbocycles. The van der Waals surface area contributed by atoms with Crippen molar-refractivity contribution < 1.29 is 10.2 Å². The van der Waals surface area contributed by atoms with Crippen molar-refractivity contribution in [1.82, 2.24) is 0 Å². The zero-order chi connectivity index (χ0) is 16.8. The predicted octanol–water partition coefficient (Wildman–Crippen LogP) is 4.44. The van der Waals surface area contributed by atoms with Crippen molar-refractivity contribution >= 4 is 40.4 Å². The van der Waals surface area contributed by atoms with Crippen LogP contribution in [0.2, 0.25) is 10.0 Å². The maximum atomic E-state index is 9.62. The highest BCUT2D eigenvalue weighted by molar-refractivity contribution is 6.31. The highest BCUT2D eigenvalue weighted by Gasteiger charge is 2.04. The van der Waals surface area contributed by atoms with Crippen molar-refractivity contribution in [2.75, 3.05) is 5.43 Å². The van der Waals surface area contributed by atoms with Crippen molar-refractivity contribution in [3.05, 3.63) is 46.4 Å². The number of phenolic OH excluding ortho intramolecular Hbond substituents is 2. The summed E-state index contributed by atoms with van der Waals surface area (Å²) in [7, 11) is 0. The summed E-state index contributed by atoms with van der Waals surface area (Å²) in [6.07, 6.45) is 0. The fourth-order valence-electron chi connectivity index (χ4n) is 1.46. The molecule has 23 heavy (non-hydrogen) atoms. The zero-order valence-corrected chi connectivity index (χ0v) is 12.9. The second-order valence-corrected chi connectivity index (χ2v) is 5.03. The van der Waals surface area contributed by atoms with Crippen LogP contribution in [0.4, 0.5) is 11.4 Å². The number of nitrogens with zero attached hydrogens (tertiary/aromatic N) is 4. The average Bonchev–Trinajstić information content (AvgIpc) is 2.53. The van der Waals surface area contributed by atoms with Crippen molar-refractivity contribution in [1.29, 1.82) is 5.26 Å². The number of phenols is 2. The maximum absolute atomic E-state index is 9.62. The molecule has 0 saturated carbocycles. The number of benzene rings is 2. The molecule has 7 nitrogen and oxygen atoms in total. The Labute approximate surface area is 141 Å². The van der Waals surface area contributed by atoms with E-state index < -0.39 is 0 Å². The summed E-state index contributed by atoms with van der Waals surface area (Å²) in [5.41, 5.74) is 2.74. The van der Waals surface area contributed by atoms with Crippen LogP contribution in [-0.4, -0.2) is 16.0 Å². The van der Waals surface area contributed by atoms with Crippen LogP contribution >= 0.6 is 23.2 Å². The van der Waals surface area contributed by atoms with E-state index in [4.69, 9.17) is 28.5 Å². The van der Waals surface area contributed by atoms with E-state index in [1.807, 2.05) is 0 Å². The third kappa shape index (κ3) is 4.57. The zero-order valence-electron chi connectivity index (χ0n) is 11.4. The number of aromatic hydroxyl groups is 2. The molecule has 0 aliphatic rings. The Bertz CT molecular complexity index is 830. The van der Waals surface area contributed by atoms with Crippen LogP contribution < -0.4 is 5.43 Å². The highest BCUT2D eigenvalue weighted by Crippen LogP contribution is 2.29. The summed E-state index contributed by atoms with van der Waals surface area (Å²) in [5.74, 6) is -0.570. The van der Waals surface area contributed by atoms with E-state index in [0.717, 1.165) is 0 Å². The number of nitrogens with one attached hydrogen (secondary N) is 1. The summed E-state index contributed by atoms with van der Waals surface area (Å²) in [5, 5.41) is 39.9. The largest absolute Gasteiger partial charge is 0.506 e.